The highest BCUT2D eigenvalue weighted by molar-refractivity contribution is 5.65. The van der Waals surface area contributed by atoms with Crippen LogP contribution in [-0.2, 0) is 0 Å². The van der Waals surface area contributed by atoms with Crippen LogP contribution in [-0.4, -0.2) is 24.1 Å². The molecule has 0 spiro atoms. The Labute approximate surface area is 107 Å². The molecule has 1 aliphatic heterocycles. The average molecular weight is 249 g/mol. The highest BCUT2D eigenvalue weighted by Crippen LogP contribution is 2.35. The maximum atomic E-state index is 11.1. The number of aryl methyl sites for hydroxylation is 1. The molecule has 0 aliphatic carbocycles. The van der Waals surface area contributed by atoms with E-state index in [0.29, 0.717) is 24.2 Å². The molecule has 2 atom stereocenters. The van der Waals surface area contributed by atoms with Gasteiger partial charge >= 0.3 is 0 Å². The van der Waals surface area contributed by atoms with Gasteiger partial charge < -0.3 is 10.6 Å². The molecule has 1 saturated heterocycles. The Hall–Kier alpha value is -1.62. The van der Waals surface area contributed by atoms with Crippen molar-refractivity contribution in [2.75, 3.05) is 18.0 Å². The molecule has 18 heavy (non-hydrogen) atoms. The van der Waals surface area contributed by atoms with Crippen molar-refractivity contribution in [3.8, 4) is 0 Å². The van der Waals surface area contributed by atoms with Gasteiger partial charge in [-0.1, -0.05) is 6.07 Å². The summed E-state index contributed by atoms with van der Waals surface area (Å²) in [6.45, 7) is 5.41. The molecule has 1 heterocycles. The standard InChI is InChI=1S/C13H19N3O2/c1-9-3-4-12(13(5-9)16(17)18)15-8-11(7-14)6-10(15)2/h3-5,10-11H,6-8,14H2,1-2H3. The SMILES string of the molecule is Cc1ccc(N2CC(CN)CC2C)c([N+](=O)[O-])c1. The molecule has 1 aromatic rings. The third-order valence-corrected chi connectivity index (χ3v) is 3.63. The van der Waals surface area contributed by atoms with Gasteiger partial charge in [0.1, 0.15) is 5.69 Å². The number of nitrogens with two attached hydrogens (primary N) is 1. The van der Waals surface area contributed by atoms with E-state index in [1.54, 1.807) is 6.07 Å². The van der Waals surface area contributed by atoms with Gasteiger partial charge in [-0.05, 0) is 44.4 Å². The lowest BCUT2D eigenvalue weighted by molar-refractivity contribution is -0.384. The second kappa shape index (κ2) is 4.94. The van der Waals surface area contributed by atoms with Crippen LogP contribution in [0.4, 0.5) is 11.4 Å². The Morgan fingerprint density at radius 1 is 1.56 bits per heavy atom. The highest BCUT2D eigenvalue weighted by Gasteiger charge is 2.31. The zero-order valence-electron chi connectivity index (χ0n) is 10.8. The molecule has 1 aliphatic rings. The van der Waals surface area contributed by atoms with E-state index in [1.807, 2.05) is 19.1 Å². The number of anilines is 1. The second-order valence-electron chi connectivity index (χ2n) is 5.09. The quantitative estimate of drug-likeness (QED) is 0.657. The van der Waals surface area contributed by atoms with Crippen LogP contribution in [0.15, 0.2) is 18.2 Å². The number of nitrogens with zero attached hydrogens (tertiary/aromatic N) is 2. The van der Waals surface area contributed by atoms with Crippen molar-refractivity contribution in [2.45, 2.75) is 26.3 Å². The van der Waals surface area contributed by atoms with E-state index in [1.165, 1.54) is 0 Å². The van der Waals surface area contributed by atoms with Crippen molar-refractivity contribution in [2.24, 2.45) is 11.7 Å². The minimum absolute atomic E-state index is 0.194. The molecule has 0 radical (unpaired) electrons. The third-order valence-electron chi connectivity index (χ3n) is 3.63. The first-order valence-corrected chi connectivity index (χ1v) is 6.24. The van der Waals surface area contributed by atoms with Crippen molar-refractivity contribution in [3.63, 3.8) is 0 Å². The van der Waals surface area contributed by atoms with Gasteiger partial charge in [0.15, 0.2) is 0 Å². The molecule has 0 bridgehead atoms. The zero-order chi connectivity index (χ0) is 13.3. The van der Waals surface area contributed by atoms with E-state index >= 15 is 0 Å². The molecule has 1 fully saturated rings. The van der Waals surface area contributed by atoms with Gasteiger partial charge in [0.05, 0.1) is 4.92 Å². The summed E-state index contributed by atoms with van der Waals surface area (Å²) >= 11 is 0. The van der Waals surface area contributed by atoms with Gasteiger partial charge in [0, 0.05) is 18.7 Å². The van der Waals surface area contributed by atoms with Crippen LogP contribution in [0, 0.1) is 23.0 Å². The molecule has 0 amide bonds. The first-order valence-electron chi connectivity index (χ1n) is 6.24. The largest absolute Gasteiger partial charge is 0.363 e. The first kappa shape index (κ1) is 12.8. The van der Waals surface area contributed by atoms with Crippen molar-refractivity contribution >= 4 is 11.4 Å². The summed E-state index contributed by atoms with van der Waals surface area (Å²) in [7, 11) is 0. The van der Waals surface area contributed by atoms with E-state index in [0.717, 1.165) is 18.5 Å². The number of nitro groups is 1. The summed E-state index contributed by atoms with van der Waals surface area (Å²) in [5, 5.41) is 11.1. The number of hydrogen-bond acceptors (Lipinski definition) is 4. The van der Waals surface area contributed by atoms with Gasteiger partial charge in [0.2, 0.25) is 0 Å². The predicted molar refractivity (Wildman–Crippen MR) is 71.8 cm³/mol. The number of benzene rings is 1. The molecule has 98 valence electrons. The summed E-state index contributed by atoms with van der Waals surface area (Å²) in [5.41, 5.74) is 7.52. The van der Waals surface area contributed by atoms with E-state index in [2.05, 4.69) is 11.8 Å². The Kier molecular flexibility index (Phi) is 3.52. The fraction of sp³-hybridized carbons (Fsp3) is 0.538. The Morgan fingerprint density at radius 3 is 2.83 bits per heavy atom. The fourth-order valence-corrected chi connectivity index (χ4v) is 2.67. The molecule has 0 saturated carbocycles. The molecule has 0 aromatic heterocycles. The highest BCUT2D eigenvalue weighted by atomic mass is 16.6. The van der Waals surface area contributed by atoms with Crippen LogP contribution in [0.1, 0.15) is 18.9 Å². The topological polar surface area (TPSA) is 72.4 Å². The summed E-state index contributed by atoms with van der Waals surface area (Å²) < 4.78 is 0. The summed E-state index contributed by atoms with van der Waals surface area (Å²) in [6.07, 6.45) is 1.00. The fourth-order valence-electron chi connectivity index (χ4n) is 2.67. The van der Waals surface area contributed by atoms with E-state index < -0.39 is 0 Å². The normalized spacial score (nSPS) is 23.4. The molecule has 5 heteroatoms. The second-order valence-corrected chi connectivity index (χ2v) is 5.09. The minimum atomic E-state index is -0.301. The number of hydrogen-bond donors (Lipinski definition) is 1. The van der Waals surface area contributed by atoms with Gasteiger partial charge in [-0.15, -0.1) is 0 Å². The van der Waals surface area contributed by atoms with Gasteiger partial charge in [-0.25, -0.2) is 0 Å². The van der Waals surface area contributed by atoms with Crippen molar-refractivity contribution in [3.05, 3.63) is 33.9 Å². The van der Waals surface area contributed by atoms with E-state index in [9.17, 15) is 10.1 Å². The smallest absolute Gasteiger partial charge is 0.292 e. The van der Waals surface area contributed by atoms with Crippen molar-refractivity contribution in [1.82, 2.24) is 0 Å². The first-order chi connectivity index (χ1) is 8.52. The lowest BCUT2D eigenvalue weighted by atomic mass is 10.1. The summed E-state index contributed by atoms with van der Waals surface area (Å²) in [6, 6.07) is 5.71. The van der Waals surface area contributed by atoms with Crippen LogP contribution < -0.4 is 10.6 Å². The molecule has 2 unspecified atom stereocenters. The van der Waals surface area contributed by atoms with Crippen molar-refractivity contribution < 1.29 is 4.92 Å². The molecule has 1 aromatic carbocycles. The number of rotatable bonds is 3. The van der Waals surface area contributed by atoms with Gasteiger partial charge in [-0.2, -0.15) is 0 Å². The Bertz CT molecular complexity index is 462. The maximum absolute atomic E-state index is 11.1. The van der Waals surface area contributed by atoms with Crippen LogP contribution in [0.2, 0.25) is 0 Å². The Balaban J connectivity index is 2.36. The lowest BCUT2D eigenvalue weighted by Gasteiger charge is -2.23. The predicted octanol–water partition coefficient (Wildman–Crippen LogP) is 2.08. The Morgan fingerprint density at radius 2 is 2.28 bits per heavy atom. The summed E-state index contributed by atoms with van der Waals surface area (Å²) in [5.74, 6) is 0.431. The molecular formula is C13H19N3O2. The van der Waals surface area contributed by atoms with Crippen LogP contribution in [0.25, 0.3) is 0 Å². The van der Waals surface area contributed by atoms with E-state index in [4.69, 9.17) is 5.73 Å². The van der Waals surface area contributed by atoms with Gasteiger partial charge in [0.25, 0.3) is 5.69 Å². The maximum Gasteiger partial charge on any atom is 0.292 e. The monoisotopic (exact) mass is 249 g/mol. The van der Waals surface area contributed by atoms with Crippen LogP contribution in [0.5, 0.6) is 0 Å². The molecule has 5 nitrogen and oxygen atoms in total. The van der Waals surface area contributed by atoms with E-state index in [-0.39, 0.29) is 10.6 Å². The minimum Gasteiger partial charge on any atom is -0.363 e. The van der Waals surface area contributed by atoms with Crippen LogP contribution in [0.3, 0.4) is 0 Å². The van der Waals surface area contributed by atoms with Crippen LogP contribution >= 0.6 is 0 Å². The molecule has 2 N–H and O–H groups in total. The molecular weight excluding hydrogens is 230 g/mol. The van der Waals surface area contributed by atoms with Gasteiger partial charge in [-0.3, -0.25) is 10.1 Å². The summed E-state index contributed by atoms with van der Waals surface area (Å²) in [4.78, 5) is 12.9. The third kappa shape index (κ3) is 2.31. The zero-order valence-corrected chi connectivity index (χ0v) is 10.8. The number of nitro benzene ring substituents is 1. The average Bonchev–Trinajstić information content (AvgIpc) is 2.70. The lowest BCUT2D eigenvalue weighted by Crippen LogP contribution is -2.28. The van der Waals surface area contributed by atoms with Crippen molar-refractivity contribution in [1.29, 1.82) is 0 Å². The molecule has 2 rings (SSSR count).